The molecule has 1 fully saturated rings. The lowest BCUT2D eigenvalue weighted by Gasteiger charge is -2.32. The van der Waals surface area contributed by atoms with Crippen LogP contribution in [0.3, 0.4) is 0 Å². The van der Waals surface area contributed by atoms with Crippen LogP contribution in [0.5, 0.6) is 0 Å². The zero-order valence-corrected chi connectivity index (χ0v) is 13.8. The topological polar surface area (TPSA) is 0 Å². The molecule has 1 saturated carbocycles. The van der Waals surface area contributed by atoms with Crippen LogP contribution in [-0.2, 0) is 12.8 Å². The van der Waals surface area contributed by atoms with Crippen molar-refractivity contribution in [3.63, 3.8) is 0 Å². The minimum atomic E-state index is 0.720. The molecule has 2 aliphatic rings. The van der Waals surface area contributed by atoms with E-state index in [0.29, 0.717) is 0 Å². The van der Waals surface area contributed by atoms with E-state index in [1.807, 2.05) is 0 Å². The van der Waals surface area contributed by atoms with Gasteiger partial charge < -0.3 is 0 Å². The molecule has 3 rings (SSSR count). The van der Waals surface area contributed by atoms with Crippen molar-refractivity contribution < 1.29 is 0 Å². The third kappa shape index (κ3) is 3.02. The lowest BCUT2D eigenvalue weighted by Crippen LogP contribution is -2.22. The van der Waals surface area contributed by atoms with Crippen molar-refractivity contribution in [2.24, 2.45) is 17.8 Å². The van der Waals surface area contributed by atoms with Gasteiger partial charge in [0, 0.05) is 0 Å². The van der Waals surface area contributed by atoms with E-state index in [1.54, 1.807) is 0 Å². The van der Waals surface area contributed by atoms with E-state index in [9.17, 15) is 0 Å². The first-order chi connectivity index (χ1) is 9.67. The zero-order chi connectivity index (χ0) is 14.1. The van der Waals surface area contributed by atoms with Gasteiger partial charge >= 0.3 is 0 Å². The van der Waals surface area contributed by atoms with Gasteiger partial charge in [-0.3, -0.25) is 0 Å². The molecule has 0 nitrogen and oxygen atoms in total. The molecule has 0 saturated heterocycles. The minimum absolute atomic E-state index is 0.720. The third-order valence-electron chi connectivity index (χ3n) is 5.46. The standard InChI is InChI=1S/C18H24Cl2/c1-2-3-12-4-6-13(7-5-12)14-8-15-10-17(19)18(20)11-16(15)9-14/h10-14H,2-9H2,1H3. The number of rotatable bonds is 3. The Labute approximate surface area is 132 Å². The lowest BCUT2D eigenvalue weighted by molar-refractivity contribution is 0.201. The van der Waals surface area contributed by atoms with E-state index >= 15 is 0 Å². The summed E-state index contributed by atoms with van der Waals surface area (Å²) in [6.45, 7) is 2.31. The van der Waals surface area contributed by atoms with Gasteiger partial charge in [-0.1, -0.05) is 55.8 Å². The smallest absolute Gasteiger partial charge is 0.0595 e. The lowest BCUT2D eigenvalue weighted by atomic mass is 9.74. The molecule has 0 unspecified atom stereocenters. The summed E-state index contributed by atoms with van der Waals surface area (Å²) in [7, 11) is 0. The van der Waals surface area contributed by atoms with E-state index in [0.717, 1.165) is 27.8 Å². The van der Waals surface area contributed by atoms with Crippen LogP contribution in [0, 0.1) is 17.8 Å². The number of benzene rings is 1. The minimum Gasteiger partial charge on any atom is -0.0827 e. The van der Waals surface area contributed by atoms with Gasteiger partial charge in [0.2, 0.25) is 0 Å². The molecule has 20 heavy (non-hydrogen) atoms. The highest BCUT2D eigenvalue weighted by Gasteiger charge is 2.32. The fraction of sp³-hybridized carbons (Fsp3) is 0.667. The Balaban J connectivity index is 1.62. The van der Waals surface area contributed by atoms with Gasteiger partial charge in [-0.05, 0) is 66.7 Å². The number of hydrogen-bond donors (Lipinski definition) is 0. The van der Waals surface area contributed by atoms with E-state index in [1.165, 1.54) is 62.5 Å². The van der Waals surface area contributed by atoms with Crippen molar-refractivity contribution in [3.05, 3.63) is 33.3 Å². The molecule has 2 aliphatic carbocycles. The number of fused-ring (bicyclic) bond motifs is 1. The maximum atomic E-state index is 6.15. The van der Waals surface area contributed by atoms with Crippen molar-refractivity contribution in [1.29, 1.82) is 0 Å². The van der Waals surface area contributed by atoms with Crippen molar-refractivity contribution in [1.82, 2.24) is 0 Å². The van der Waals surface area contributed by atoms with Crippen LogP contribution < -0.4 is 0 Å². The Morgan fingerprint density at radius 3 is 1.95 bits per heavy atom. The Morgan fingerprint density at radius 1 is 0.900 bits per heavy atom. The van der Waals surface area contributed by atoms with Crippen LogP contribution in [0.4, 0.5) is 0 Å². The molecule has 0 aliphatic heterocycles. The molecule has 0 atom stereocenters. The molecule has 0 radical (unpaired) electrons. The molecule has 1 aromatic carbocycles. The van der Waals surface area contributed by atoms with Crippen molar-refractivity contribution in [2.45, 2.75) is 58.3 Å². The van der Waals surface area contributed by atoms with Crippen LogP contribution in [0.25, 0.3) is 0 Å². The molecule has 0 heterocycles. The molecule has 0 amide bonds. The summed E-state index contributed by atoms with van der Waals surface area (Å²) in [5, 5.41) is 1.44. The average molecular weight is 311 g/mol. The quantitative estimate of drug-likeness (QED) is 0.613. The Bertz CT molecular complexity index is 442. The van der Waals surface area contributed by atoms with E-state index in [4.69, 9.17) is 23.2 Å². The Morgan fingerprint density at radius 2 is 1.45 bits per heavy atom. The summed E-state index contributed by atoms with van der Waals surface area (Å²) in [5.41, 5.74) is 2.89. The van der Waals surface area contributed by atoms with Gasteiger partial charge in [0.15, 0.2) is 0 Å². The van der Waals surface area contributed by atoms with Crippen molar-refractivity contribution in [2.75, 3.05) is 0 Å². The first-order valence-corrected chi connectivity index (χ1v) is 8.89. The second-order valence-corrected chi connectivity index (χ2v) is 7.59. The summed E-state index contributed by atoms with van der Waals surface area (Å²) in [6, 6.07) is 4.20. The van der Waals surface area contributed by atoms with Crippen molar-refractivity contribution >= 4 is 23.2 Å². The van der Waals surface area contributed by atoms with Crippen LogP contribution in [0.2, 0.25) is 10.0 Å². The van der Waals surface area contributed by atoms with Gasteiger partial charge in [-0.15, -0.1) is 0 Å². The average Bonchev–Trinajstić information content (AvgIpc) is 2.83. The summed E-state index contributed by atoms with van der Waals surface area (Å²) in [6.07, 6.45) is 11.0. The zero-order valence-electron chi connectivity index (χ0n) is 12.3. The van der Waals surface area contributed by atoms with Crippen LogP contribution in [0.15, 0.2) is 12.1 Å². The molecule has 0 N–H and O–H groups in total. The van der Waals surface area contributed by atoms with Gasteiger partial charge in [0.05, 0.1) is 10.0 Å². The molecule has 2 heteroatoms. The molecule has 1 aromatic rings. The van der Waals surface area contributed by atoms with Gasteiger partial charge in [0.25, 0.3) is 0 Å². The van der Waals surface area contributed by atoms with Crippen molar-refractivity contribution in [3.8, 4) is 0 Å². The van der Waals surface area contributed by atoms with Gasteiger partial charge in [0.1, 0.15) is 0 Å². The SMILES string of the molecule is CCCC1CCC(C2Cc3cc(Cl)c(Cl)cc3C2)CC1. The molecule has 0 bridgehead atoms. The summed E-state index contributed by atoms with van der Waals surface area (Å²) in [4.78, 5) is 0. The fourth-order valence-electron chi connectivity index (χ4n) is 4.34. The van der Waals surface area contributed by atoms with Crippen LogP contribution in [0.1, 0.15) is 56.6 Å². The maximum Gasteiger partial charge on any atom is 0.0595 e. The predicted octanol–water partition coefficient (Wildman–Crippen LogP) is 6.31. The molecular formula is C18H24Cl2. The predicted molar refractivity (Wildman–Crippen MR) is 87.7 cm³/mol. The van der Waals surface area contributed by atoms with E-state index < -0.39 is 0 Å². The highest BCUT2D eigenvalue weighted by Crippen LogP contribution is 2.42. The Kier molecular flexibility index (Phi) is 4.62. The second kappa shape index (κ2) is 6.28. The largest absolute Gasteiger partial charge is 0.0827 e. The summed E-state index contributed by atoms with van der Waals surface area (Å²) < 4.78 is 0. The first-order valence-electron chi connectivity index (χ1n) is 8.14. The van der Waals surface area contributed by atoms with E-state index in [2.05, 4.69) is 19.1 Å². The summed E-state index contributed by atoms with van der Waals surface area (Å²) in [5.74, 6) is 2.76. The third-order valence-corrected chi connectivity index (χ3v) is 6.18. The fourth-order valence-corrected chi connectivity index (χ4v) is 4.71. The highest BCUT2D eigenvalue weighted by molar-refractivity contribution is 6.42. The van der Waals surface area contributed by atoms with Gasteiger partial charge in [-0.25, -0.2) is 0 Å². The molecule has 110 valence electrons. The van der Waals surface area contributed by atoms with E-state index in [-0.39, 0.29) is 0 Å². The van der Waals surface area contributed by atoms with Crippen LogP contribution >= 0.6 is 23.2 Å². The molecular weight excluding hydrogens is 287 g/mol. The number of hydrogen-bond acceptors (Lipinski definition) is 0. The normalized spacial score (nSPS) is 26.8. The van der Waals surface area contributed by atoms with Crippen LogP contribution in [-0.4, -0.2) is 0 Å². The molecule has 0 spiro atoms. The first kappa shape index (κ1) is 14.7. The second-order valence-electron chi connectivity index (χ2n) is 6.77. The monoisotopic (exact) mass is 310 g/mol. The Hall–Kier alpha value is -0.200. The molecule has 0 aromatic heterocycles. The highest BCUT2D eigenvalue weighted by atomic mass is 35.5. The number of halogens is 2. The maximum absolute atomic E-state index is 6.15. The van der Waals surface area contributed by atoms with Gasteiger partial charge in [-0.2, -0.15) is 0 Å². The summed E-state index contributed by atoms with van der Waals surface area (Å²) >= 11 is 12.3.